The zero-order valence-electron chi connectivity index (χ0n) is 13.4. The maximum Gasteiger partial charge on any atom is 0.196 e. The number of nitrogens with one attached hydrogen (secondary N) is 1. The van der Waals surface area contributed by atoms with Gasteiger partial charge in [0, 0.05) is 6.54 Å². The van der Waals surface area contributed by atoms with Crippen LogP contribution in [0.4, 0.5) is 30.2 Å². The van der Waals surface area contributed by atoms with Gasteiger partial charge in [0.1, 0.15) is 5.69 Å². The second-order valence-corrected chi connectivity index (χ2v) is 7.31. The highest BCUT2D eigenvalue weighted by atomic mass is 32.3. The molecule has 1 aliphatic rings. The first-order valence-corrected chi connectivity index (χ1v) is 9.09. The molecule has 25 heavy (non-hydrogen) atoms. The maximum atomic E-state index is 14.3. The number of nitrogens with zero attached hydrogens (tertiary/aromatic N) is 2. The van der Waals surface area contributed by atoms with Crippen LogP contribution >= 0.6 is 11.0 Å². The molecule has 0 aromatic heterocycles. The van der Waals surface area contributed by atoms with Crippen LogP contribution in [0, 0.1) is 17.5 Å². The van der Waals surface area contributed by atoms with E-state index in [0.29, 0.717) is 30.9 Å². The molecule has 0 saturated heterocycles. The van der Waals surface area contributed by atoms with Gasteiger partial charge in [-0.3, -0.25) is 13.4 Å². The van der Waals surface area contributed by atoms with Crippen molar-refractivity contribution in [1.29, 1.82) is 0 Å². The van der Waals surface area contributed by atoms with Gasteiger partial charge in [-0.1, -0.05) is 12.1 Å². The van der Waals surface area contributed by atoms with E-state index in [0.717, 1.165) is 16.4 Å². The predicted molar refractivity (Wildman–Crippen MR) is 93.6 cm³/mol. The smallest absolute Gasteiger partial charge is 0.196 e. The van der Waals surface area contributed by atoms with Crippen LogP contribution in [-0.4, -0.2) is 29.2 Å². The lowest BCUT2D eigenvalue weighted by Gasteiger charge is -2.43. The fourth-order valence-corrected chi connectivity index (χ4v) is 4.60. The highest BCUT2D eigenvalue weighted by molar-refractivity contribution is 8.27. The van der Waals surface area contributed by atoms with Gasteiger partial charge in [0.2, 0.25) is 0 Å². The maximum absolute atomic E-state index is 14.3. The van der Waals surface area contributed by atoms with E-state index in [-0.39, 0.29) is 0 Å². The van der Waals surface area contributed by atoms with Gasteiger partial charge in [0.25, 0.3) is 0 Å². The molecular weight excluding hydrogens is 355 g/mol. The molecule has 0 aliphatic carbocycles. The zero-order chi connectivity index (χ0) is 18.2. The normalized spacial score (nSPS) is 16.9. The second kappa shape index (κ2) is 6.75. The Morgan fingerprint density at radius 3 is 2.32 bits per heavy atom. The van der Waals surface area contributed by atoms with Crippen molar-refractivity contribution in [2.24, 2.45) is 0 Å². The topological polar surface area (TPSA) is 59.0 Å². The minimum atomic E-state index is -3.66. The molecule has 0 radical (unpaired) electrons. The number of hydrogen-bond donors (Lipinski definition) is 3. The summed E-state index contributed by atoms with van der Waals surface area (Å²) in [6, 6.07) is 8.36. The average molecular weight is 373 g/mol. The summed E-state index contributed by atoms with van der Waals surface area (Å²) in [7, 11) is -1.89. The van der Waals surface area contributed by atoms with Crippen LogP contribution in [0.2, 0.25) is 0 Å². The number of anilines is 3. The van der Waals surface area contributed by atoms with E-state index in [1.807, 2.05) is 0 Å². The first-order valence-electron chi connectivity index (χ1n) is 7.63. The highest BCUT2D eigenvalue weighted by Crippen LogP contribution is 2.64. The van der Waals surface area contributed by atoms with Crippen molar-refractivity contribution in [1.82, 2.24) is 5.32 Å². The molecule has 0 unspecified atom stereocenters. The molecule has 2 aromatic rings. The van der Waals surface area contributed by atoms with Gasteiger partial charge < -0.3 is 5.32 Å². The van der Waals surface area contributed by atoms with Gasteiger partial charge in [0.05, 0.1) is 11.4 Å². The van der Waals surface area contributed by atoms with E-state index in [4.69, 9.17) is 0 Å². The average Bonchev–Trinajstić information content (AvgIpc) is 2.81. The molecule has 136 valence electrons. The van der Waals surface area contributed by atoms with E-state index in [9.17, 15) is 22.3 Å². The summed E-state index contributed by atoms with van der Waals surface area (Å²) in [6.45, 7) is 0.940. The van der Waals surface area contributed by atoms with Gasteiger partial charge >= 0.3 is 0 Å². The van der Waals surface area contributed by atoms with Crippen LogP contribution in [0.15, 0.2) is 36.4 Å². The van der Waals surface area contributed by atoms with Crippen molar-refractivity contribution in [3.05, 3.63) is 53.8 Å². The Kier molecular flexibility index (Phi) is 4.83. The minimum Gasteiger partial charge on any atom is -0.320 e. The van der Waals surface area contributed by atoms with Crippen molar-refractivity contribution in [2.75, 3.05) is 28.7 Å². The number of rotatable bonds is 5. The third-order valence-corrected chi connectivity index (χ3v) is 5.79. The molecule has 1 aliphatic heterocycles. The number of fused-ring (bicyclic) bond motifs is 1. The lowest BCUT2D eigenvalue weighted by molar-refractivity contribution is 0.446. The number of hydrogen-bond acceptors (Lipinski definition) is 5. The minimum absolute atomic E-state index is 0.294. The zero-order valence-corrected chi connectivity index (χ0v) is 14.2. The van der Waals surface area contributed by atoms with Gasteiger partial charge in [-0.25, -0.2) is 17.5 Å². The van der Waals surface area contributed by atoms with Gasteiger partial charge in [-0.15, -0.1) is 0 Å². The quantitative estimate of drug-likeness (QED) is 0.540. The monoisotopic (exact) mass is 373 g/mol. The van der Waals surface area contributed by atoms with Crippen LogP contribution in [0.1, 0.15) is 6.42 Å². The third kappa shape index (κ3) is 2.93. The summed E-state index contributed by atoms with van der Waals surface area (Å²) < 4.78 is 65.0. The summed E-state index contributed by atoms with van der Waals surface area (Å²) in [5.74, 6) is -4.46. The molecule has 3 N–H and O–H groups in total. The van der Waals surface area contributed by atoms with E-state index < -0.39 is 34.1 Å². The molecule has 0 atom stereocenters. The van der Waals surface area contributed by atoms with Crippen molar-refractivity contribution in [3.63, 3.8) is 0 Å². The molecule has 5 nitrogen and oxygen atoms in total. The number of benzene rings is 2. The molecule has 2 aromatic carbocycles. The Bertz CT molecular complexity index is 791. The highest BCUT2D eigenvalue weighted by Gasteiger charge is 2.42. The van der Waals surface area contributed by atoms with Crippen LogP contribution < -0.4 is 13.9 Å². The predicted octanol–water partition coefficient (Wildman–Crippen LogP) is 4.25. The largest absolute Gasteiger partial charge is 0.320 e. The van der Waals surface area contributed by atoms with Crippen LogP contribution in [0.5, 0.6) is 0 Å². The van der Waals surface area contributed by atoms with Crippen molar-refractivity contribution < 1.29 is 22.3 Å². The fourth-order valence-electron chi connectivity index (χ4n) is 2.79. The Hall–Kier alpha value is -1.94. The summed E-state index contributed by atoms with van der Waals surface area (Å²) in [6.07, 6.45) is 0.606. The molecular formula is C16H18F3N3O2S. The fraction of sp³-hybridized carbons (Fsp3) is 0.250. The molecule has 1 heterocycles. The van der Waals surface area contributed by atoms with Gasteiger partial charge in [0.15, 0.2) is 17.5 Å². The Morgan fingerprint density at radius 2 is 1.64 bits per heavy atom. The molecule has 0 fully saturated rings. The molecule has 9 heteroatoms. The first-order chi connectivity index (χ1) is 11.9. The SMILES string of the molecule is CNCCCN1c2ccccc2N(c2ccc(F)c(F)c2F)S1(O)O. The lowest BCUT2D eigenvalue weighted by Crippen LogP contribution is -2.33. The summed E-state index contributed by atoms with van der Waals surface area (Å²) in [5, 5.41) is 2.96. The number of para-hydroxylation sites is 2. The summed E-state index contributed by atoms with van der Waals surface area (Å²) in [4.78, 5) is 0. The summed E-state index contributed by atoms with van der Waals surface area (Å²) in [5.41, 5.74) is 0.377. The third-order valence-electron chi connectivity index (χ3n) is 3.93. The van der Waals surface area contributed by atoms with E-state index in [1.165, 1.54) is 4.31 Å². The molecule has 0 bridgehead atoms. The second-order valence-electron chi connectivity index (χ2n) is 5.53. The van der Waals surface area contributed by atoms with Crippen molar-refractivity contribution in [2.45, 2.75) is 6.42 Å². The van der Waals surface area contributed by atoms with Crippen molar-refractivity contribution in [3.8, 4) is 0 Å². The Morgan fingerprint density at radius 1 is 0.960 bits per heavy atom. The van der Waals surface area contributed by atoms with Crippen molar-refractivity contribution >= 4 is 28.0 Å². The molecule has 0 amide bonds. The number of halogens is 3. The Balaban J connectivity index is 2.09. The summed E-state index contributed by atoms with van der Waals surface area (Å²) >= 11 is 0. The van der Waals surface area contributed by atoms with E-state index in [2.05, 4.69) is 5.32 Å². The van der Waals surface area contributed by atoms with Crippen LogP contribution in [0.25, 0.3) is 0 Å². The lowest BCUT2D eigenvalue weighted by atomic mass is 10.2. The van der Waals surface area contributed by atoms with E-state index >= 15 is 0 Å². The molecule has 3 rings (SSSR count). The van der Waals surface area contributed by atoms with Gasteiger partial charge in [-0.2, -0.15) is 0 Å². The Labute approximate surface area is 145 Å². The van der Waals surface area contributed by atoms with Gasteiger partial charge in [-0.05, 0) is 55.2 Å². The van der Waals surface area contributed by atoms with Crippen LogP contribution in [-0.2, 0) is 0 Å². The first kappa shape index (κ1) is 17.9. The molecule has 0 saturated carbocycles. The van der Waals surface area contributed by atoms with E-state index in [1.54, 1.807) is 31.3 Å². The standard InChI is InChI=1S/C16H18F3N3O2S/c1-20-9-4-10-21-12-5-2-3-6-13(12)22(25(21,23)24)14-8-7-11(17)15(18)16(14)19/h2-3,5-8,20,23-24H,4,9-10H2,1H3. The molecule has 0 spiro atoms. The van der Waals surface area contributed by atoms with Crippen LogP contribution in [0.3, 0.4) is 0 Å².